The molecule has 1 fully saturated rings. The first-order chi connectivity index (χ1) is 9.02. The highest BCUT2D eigenvalue weighted by molar-refractivity contribution is 5.43. The average molecular weight is 262 g/mol. The van der Waals surface area contributed by atoms with Crippen molar-refractivity contribution in [2.45, 2.75) is 38.9 Å². The Balaban J connectivity index is 2.18. The highest BCUT2D eigenvalue weighted by Crippen LogP contribution is 2.22. The van der Waals surface area contributed by atoms with Gasteiger partial charge >= 0.3 is 0 Å². The van der Waals surface area contributed by atoms with E-state index in [0.29, 0.717) is 18.1 Å². The van der Waals surface area contributed by atoms with Crippen LogP contribution >= 0.6 is 0 Å². The zero-order chi connectivity index (χ0) is 14.0. The van der Waals surface area contributed by atoms with Crippen LogP contribution in [0.3, 0.4) is 0 Å². The van der Waals surface area contributed by atoms with Crippen molar-refractivity contribution < 1.29 is 0 Å². The fourth-order valence-corrected chi connectivity index (χ4v) is 2.63. The number of anilines is 1. The zero-order valence-corrected chi connectivity index (χ0v) is 12.7. The molecule has 0 bridgehead atoms. The molecule has 3 atom stereocenters. The predicted octanol–water partition coefficient (Wildman–Crippen LogP) is 1.89. The monoisotopic (exact) mass is 262 g/mol. The highest BCUT2D eigenvalue weighted by Gasteiger charge is 2.27. The van der Waals surface area contributed by atoms with E-state index in [9.17, 15) is 0 Å². The predicted molar refractivity (Wildman–Crippen MR) is 80.6 cm³/mol. The highest BCUT2D eigenvalue weighted by atomic mass is 15.3. The molecule has 1 aliphatic rings. The maximum Gasteiger partial charge on any atom is 0.128 e. The Kier molecular flexibility index (Phi) is 4.42. The molecule has 1 N–H and O–H groups in total. The number of pyridine rings is 1. The second-order valence-electron chi connectivity index (χ2n) is 5.73. The third kappa shape index (κ3) is 3.07. The molecular weight excluding hydrogens is 236 g/mol. The lowest BCUT2D eigenvalue weighted by Gasteiger charge is -2.43. The SMILES string of the molecule is CNC(C)c1ccnc(N2CC(C)N(C)C(C)C2)c1. The molecule has 0 saturated carbocycles. The number of likely N-dealkylation sites (N-methyl/N-ethyl adjacent to an activating group) is 1. The Morgan fingerprint density at radius 1 is 1.32 bits per heavy atom. The third-order valence-electron chi connectivity index (χ3n) is 4.39. The second-order valence-corrected chi connectivity index (χ2v) is 5.73. The van der Waals surface area contributed by atoms with Gasteiger partial charge in [0, 0.05) is 37.4 Å². The van der Waals surface area contributed by atoms with Crippen LogP contribution in [0.25, 0.3) is 0 Å². The number of nitrogens with one attached hydrogen (secondary N) is 1. The molecule has 1 saturated heterocycles. The summed E-state index contributed by atoms with van der Waals surface area (Å²) in [6.07, 6.45) is 1.92. The van der Waals surface area contributed by atoms with Gasteiger partial charge < -0.3 is 10.2 Å². The Labute approximate surface area is 116 Å². The average Bonchev–Trinajstić information content (AvgIpc) is 2.43. The summed E-state index contributed by atoms with van der Waals surface area (Å²) in [7, 11) is 4.20. The summed E-state index contributed by atoms with van der Waals surface area (Å²) >= 11 is 0. The van der Waals surface area contributed by atoms with E-state index in [2.05, 4.69) is 60.1 Å². The van der Waals surface area contributed by atoms with Gasteiger partial charge in [0.05, 0.1) is 0 Å². The van der Waals surface area contributed by atoms with Gasteiger partial charge in [0.2, 0.25) is 0 Å². The van der Waals surface area contributed by atoms with Crippen LogP contribution in [0.1, 0.15) is 32.4 Å². The quantitative estimate of drug-likeness (QED) is 0.901. The van der Waals surface area contributed by atoms with Crippen LogP contribution in [0.5, 0.6) is 0 Å². The van der Waals surface area contributed by atoms with E-state index in [1.54, 1.807) is 0 Å². The molecule has 4 nitrogen and oxygen atoms in total. The lowest BCUT2D eigenvalue weighted by Crippen LogP contribution is -2.55. The Morgan fingerprint density at radius 2 is 1.95 bits per heavy atom. The smallest absolute Gasteiger partial charge is 0.128 e. The van der Waals surface area contributed by atoms with Gasteiger partial charge in [-0.15, -0.1) is 0 Å². The van der Waals surface area contributed by atoms with Crippen molar-refractivity contribution >= 4 is 5.82 Å². The number of piperazine rings is 1. The molecule has 106 valence electrons. The number of nitrogens with zero attached hydrogens (tertiary/aromatic N) is 3. The zero-order valence-electron chi connectivity index (χ0n) is 12.7. The van der Waals surface area contributed by atoms with E-state index >= 15 is 0 Å². The summed E-state index contributed by atoms with van der Waals surface area (Å²) in [4.78, 5) is 9.40. The van der Waals surface area contributed by atoms with Crippen LogP contribution in [-0.2, 0) is 0 Å². The minimum absolute atomic E-state index is 0.365. The van der Waals surface area contributed by atoms with Crippen LogP contribution in [0.15, 0.2) is 18.3 Å². The van der Waals surface area contributed by atoms with Crippen LogP contribution in [0, 0.1) is 0 Å². The first kappa shape index (κ1) is 14.3. The molecule has 1 aromatic rings. The summed E-state index contributed by atoms with van der Waals surface area (Å²) in [5.41, 5.74) is 1.30. The normalized spacial score (nSPS) is 26.5. The van der Waals surface area contributed by atoms with Gasteiger partial charge in [-0.05, 0) is 52.6 Å². The summed E-state index contributed by atoms with van der Waals surface area (Å²) < 4.78 is 0. The standard InChI is InChI=1S/C15H26N4/c1-11-9-19(10-12(2)18(11)5)15-8-14(6-7-17-15)13(3)16-4/h6-8,11-13,16H,9-10H2,1-5H3. The Bertz CT molecular complexity index is 408. The minimum Gasteiger partial charge on any atom is -0.353 e. The Hall–Kier alpha value is -1.13. The summed E-state index contributed by atoms with van der Waals surface area (Å²) in [6, 6.07) is 5.80. The molecule has 2 rings (SSSR count). The maximum atomic E-state index is 4.55. The van der Waals surface area contributed by atoms with E-state index < -0.39 is 0 Å². The molecule has 19 heavy (non-hydrogen) atoms. The summed E-state index contributed by atoms with van der Waals surface area (Å²) in [5, 5.41) is 3.28. The van der Waals surface area contributed by atoms with Gasteiger partial charge in [0.15, 0.2) is 0 Å². The molecular formula is C15H26N4. The molecule has 2 heterocycles. The maximum absolute atomic E-state index is 4.55. The number of hydrogen-bond acceptors (Lipinski definition) is 4. The van der Waals surface area contributed by atoms with Crippen molar-refractivity contribution in [1.29, 1.82) is 0 Å². The summed E-state index contributed by atoms with van der Waals surface area (Å²) in [5.74, 6) is 1.10. The van der Waals surface area contributed by atoms with Crippen LogP contribution in [0.2, 0.25) is 0 Å². The molecule has 4 heteroatoms. The molecule has 3 unspecified atom stereocenters. The van der Waals surface area contributed by atoms with Gasteiger partial charge in [-0.3, -0.25) is 4.90 Å². The molecule has 0 spiro atoms. The lowest BCUT2D eigenvalue weighted by atomic mass is 10.1. The fourth-order valence-electron chi connectivity index (χ4n) is 2.63. The largest absolute Gasteiger partial charge is 0.353 e. The van der Waals surface area contributed by atoms with E-state index in [0.717, 1.165) is 18.9 Å². The van der Waals surface area contributed by atoms with E-state index in [1.165, 1.54) is 5.56 Å². The van der Waals surface area contributed by atoms with Crippen LogP contribution in [-0.4, -0.2) is 49.2 Å². The van der Waals surface area contributed by atoms with Gasteiger partial charge in [0.1, 0.15) is 5.82 Å². The van der Waals surface area contributed by atoms with Crippen molar-refractivity contribution in [3.05, 3.63) is 23.9 Å². The van der Waals surface area contributed by atoms with Crippen molar-refractivity contribution in [3.8, 4) is 0 Å². The molecule has 1 aromatic heterocycles. The van der Waals surface area contributed by atoms with Crippen molar-refractivity contribution in [1.82, 2.24) is 15.2 Å². The van der Waals surface area contributed by atoms with E-state index in [1.807, 2.05) is 13.2 Å². The van der Waals surface area contributed by atoms with E-state index in [-0.39, 0.29) is 0 Å². The first-order valence-electron chi connectivity index (χ1n) is 7.13. The lowest BCUT2D eigenvalue weighted by molar-refractivity contribution is 0.169. The van der Waals surface area contributed by atoms with Crippen molar-refractivity contribution in [2.75, 3.05) is 32.1 Å². The molecule has 0 amide bonds. The fraction of sp³-hybridized carbons (Fsp3) is 0.667. The molecule has 0 radical (unpaired) electrons. The van der Waals surface area contributed by atoms with Crippen molar-refractivity contribution in [3.63, 3.8) is 0 Å². The van der Waals surface area contributed by atoms with Crippen LogP contribution < -0.4 is 10.2 Å². The number of aromatic nitrogens is 1. The van der Waals surface area contributed by atoms with E-state index in [4.69, 9.17) is 0 Å². The third-order valence-corrected chi connectivity index (χ3v) is 4.39. The number of rotatable bonds is 3. The minimum atomic E-state index is 0.365. The molecule has 0 aromatic carbocycles. The van der Waals surface area contributed by atoms with Crippen LogP contribution in [0.4, 0.5) is 5.82 Å². The topological polar surface area (TPSA) is 31.4 Å². The number of hydrogen-bond donors (Lipinski definition) is 1. The second kappa shape index (κ2) is 5.88. The molecule has 0 aliphatic carbocycles. The summed E-state index contributed by atoms with van der Waals surface area (Å²) in [6.45, 7) is 8.83. The van der Waals surface area contributed by atoms with Crippen molar-refractivity contribution in [2.24, 2.45) is 0 Å². The Morgan fingerprint density at radius 3 is 2.53 bits per heavy atom. The first-order valence-corrected chi connectivity index (χ1v) is 7.13. The van der Waals surface area contributed by atoms with Gasteiger partial charge in [-0.25, -0.2) is 4.98 Å². The van der Waals surface area contributed by atoms with Gasteiger partial charge in [0.25, 0.3) is 0 Å². The molecule has 1 aliphatic heterocycles. The van der Waals surface area contributed by atoms with Gasteiger partial charge in [-0.2, -0.15) is 0 Å². The van der Waals surface area contributed by atoms with Gasteiger partial charge in [-0.1, -0.05) is 0 Å².